The van der Waals surface area contributed by atoms with Crippen molar-refractivity contribution in [2.75, 3.05) is 44.3 Å². The summed E-state index contributed by atoms with van der Waals surface area (Å²) in [6.45, 7) is 8.75. The molecule has 2 aromatic heterocycles. The van der Waals surface area contributed by atoms with Crippen LogP contribution in [0.1, 0.15) is 21.7 Å². The standard InChI is InChI=1S/C20H23N3O3S/c1-14-12-15(2)18-17(13-14)27-20(21-18)23(19(24)16-4-3-9-26-16)6-5-22-7-10-25-11-8-22/h3-4,9,12-13H,5-8,10-11H2,1-2H3. The van der Waals surface area contributed by atoms with Crippen molar-refractivity contribution in [2.45, 2.75) is 13.8 Å². The lowest BCUT2D eigenvalue weighted by Crippen LogP contribution is -2.43. The van der Waals surface area contributed by atoms with Gasteiger partial charge >= 0.3 is 0 Å². The summed E-state index contributed by atoms with van der Waals surface area (Å²) in [4.78, 5) is 21.9. The summed E-state index contributed by atoms with van der Waals surface area (Å²) in [5.41, 5.74) is 3.29. The average molecular weight is 385 g/mol. The molecule has 1 aliphatic heterocycles. The van der Waals surface area contributed by atoms with E-state index < -0.39 is 0 Å². The molecule has 0 atom stereocenters. The zero-order valence-electron chi connectivity index (χ0n) is 15.6. The minimum Gasteiger partial charge on any atom is -0.459 e. The SMILES string of the molecule is Cc1cc(C)c2nc(N(CCN3CCOCC3)C(=O)c3ccco3)sc2c1. The molecule has 1 fully saturated rings. The molecule has 7 heteroatoms. The zero-order valence-corrected chi connectivity index (χ0v) is 16.4. The van der Waals surface area contributed by atoms with Crippen molar-refractivity contribution in [3.63, 3.8) is 0 Å². The average Bonchev–Trinajstić information content (AvgIpc) is 3.32. The van der Waals surface area contributed by atoms with Gasteiger partial charge in [0.1, 0.15) is 0 Å². The molecule has 3 heterocycles. The number of carbonyl (C=O) groups is 1. The number of rotatable bonds is 5. The number of carbonyl (C=O) groups excluding carboxylic acids is 1. The number of furan rings is 1. The maximum atomic E-state index is 13.1. The quantitative estimate of drug-likeness (QED) is 0.673. The van der Waals surface area contributed by atoms with E-state index in [0.29, 0.717) is 17.4 Å². The lowest BCUT2D eigenvalue weighted by atomic mass is 10.1. The second-order valence-corrected chi connectivity index (χ2v) is 7.82. The Morgan fingerprint density at radius 3 is 2.85 bits per heavy atom. The van der Waals surface area contributed by atoms with E-state index in [1.807, 2.05) is 0 Å². The molecule has 142 valence electrons. The predicted molar refractivity (Wildman–Crippen MR) is 107 cm³/mol. The number of morpholine rings is 1. The van der Waals surface area contributed by atoms with E-state index in [9.17, 15) is 4.79 Å². The summed E-state index contributed by atoms with van der Waals surface area (Å²) in [5.74, 6) is 0.186. The molecule has 1 aromatic carbocycles. The number of nitrogens with zero attached hydrogens (tertiary/aromatic N) is 3. The van der Waals surface area contributed by atoms with Gasteiger partial charge in [0.05, 0.1) is 29.7 Å². The Bertz CT molecular complexity index is 930. The summed E-state index contributed by atoms with van der Waals surface area (Å²) >= 11 is 1.56. The molecule has 1 amide bonds. The fraction of sp³-hybridized carbons (Fsp3) is 0.400. The van der Waals surface area contributed by atoms with Crippen LogP contribution >= 0.6 is 11.3 Å². The Morgan fingerprint density at radius 1 is 1.30 bits per heavy atom. The molecular weight excluding hydrogens is 362 g/mol. The molecule has 1 aliphatic rings. The van der Waals surface area contributed by atoms with Crippen LogP contribution in [0.3, 0.4) is 0 Å². The van der Waals surface area contributed by atoms with Crippen molar-refractivity contribution in [3.8, 4) is 0 Å². The van der Waals surface area contributed by atoms with Crippen LogP contribution in [0, 0.1) is 13.8 Å². The summed E-state index contributed by atoms with van der Waals surface area (Å²) in [6.07, 6.45) is 1.53. The van der Waals surface area contributed by atoms with E-state index in [-0.39, 0.29) is 5.91 Å². The first-order valence-electron chi connectivity index (χ1n) is 9.15. The number of aromatic nitrogens is 1. The molecule has 4 rings (SSSR count). The molecular formula is C20H23N3O3S. The minimum atomic E-state index is -0.151. The van der Waals surface area contributed by atoms with E-state index in [4.69, 9.17) is 14.1 Å². The Balaban J connectivity index is 1.64. The van der Waals surface area contributed by atoms with E-state index in [1.165, 1.54) is 11.8 Å². The first-order valence-corrected chi connectivity index (χ1v) is 9.97. The second-order valence-electron chi connectivity index (χ2n) is 6.81. The van der Waals surface area contributed by atoms with Gasteiger partial charge in [-0.2, -0.15) is 0 Å². The van der Waals surface area contributed by atoms with Gasteiger partial charge < -0.3 is 9.15 Å². The molecule has 0 bridgehead atoms. The Labute approximate surface area is 162 Å². The second kappa shape index (κ2) is 7.80. The minimum absolute atomic E-state index is 0.151. The summed E-state index contributed by atoms with van der Waals surface area (Å²) in [6, 6.07) is 7.69. The number of anilines is 1. The number of hydrogen-bond donors (Lipinski definition) is 0. The molecule has 0 aliphatic carbocycles. The lowest BCUT2D eigenvalue weighted by molar-refractivity contribution is 0.0390. The number of aryl methyl sites for hydroxylation is 2. The molecule has 27 heavy (non-hydrogen) atoms. The van der Waals surface area contributed by atoms with Gasteiger partial charge in [-0.15, -0.1) is 0 Å². The van der Waals surface area contributed by atoms with Crippen LogP contribution in [0.4, 0.5) is 5.13 Å². The largest absolute Gasteiger partial charge is 0.459 e. The molecule has 0 radical (unpaired) electrons. The fourth-order valence-corrected chi connectivity index (χ4v) is 4.52. The van der Waals surface area contributed by atoms with Crippen LogP contribution in [0.2, 0.25) is 0 Å². The Morgan fingerprint density at radius 2 is 2.11 bits per heavy atom. The summed E-state index contributed by atoms with van der Waals surface area (Å²) in [5, 5.41) is 0.716. The Kier molecular flexibility index (Phi) is 5.24. The van der Waals surface area contributed by atoms with Crippen molar-refractivity contribution in [1.29, 1.82) is 0 Å². The summed E-state index contributed by atoms with van der Waals surface area (Å²) in [7, 11) is 0. The summed E-state index contributed by atoms with van der Waals surface area (Å²) < 4.78 is 11.9. The molecule has 0 spiro atoms. The van der Waals surface area contributed by atoms with Gasteiger partial charge in [-0.1, -0.05) is 17.4 Å². The third kappa shape index (κ3) is 3.90. The molecule has 3 aromatic rings. The highest BCUT2D eigenvalue weighted by molar-refractivity contribution is 7.22. The van der Waals surface area contributed by atoms with Gasteiger partial charge in [0.25, 0.3) is 5.91 Å². The number of benzene rings is 1. The van der Waals surface area contributed by atoms with Crippen LogP contribution in [-0.2, 0) is 4.74 Å². The highest BCUT2D eigenvalue weighted by Crippen LogP contribution is 2.32. The van der Waals surface area contributed by atoms with E-state index in [0.717, 1.165) is 48.6 Å². The number of hydrogen-bond acceptors (Lipinski definition) is 6. The Hall–Kier alpha value is -2.22. The fourth-order valence-electron chi connectivity index (χ4n) is 3.36. The van der Waals surface area contributed by atoms with Crippen LogP contribution < -0.4 is 4.90 Å². The molecule has 0 saturated carbocycles. The lowest BCUT2D eigenvalue weighted by Gasteiger charge is -2.28. The van der Waals surface area contributed by atoms with Crippen molar-refractivity contribution in [1.82, 2.24) is 9.88 Å². The van der Waals surface area contributed by atoms with Gasteiger partial charge in [-0.25, -0.2) is 4.98 Å². The van der Waals surface area contributed by atoms with Crippen LogP contribution in [0.5, 0.6) is 0 Å². The van der Waals surface area contributed by atoms with E-state index in [2.05, 4.69) is 30.9 Å². The topological polar surface area (TPSA) is 58.8 Å². The maximum Gasteiger partial charge on any atom is 0.295 e. The predicted octanol–water partition coefficient (Wildman–Crippen LogP) is 3.49. The van der Waals surface area contributed by atoms with Gasteiger partial charge in [-0.05, 0) is 43.2 Å². The number of thiazole rings is 1. The van der Waals surface area contributed by atoms with Gasteiger partial charge in [0, 0.05) is 26.2 Å². The monoisotopic (exact) mass is 385 g/mol. The molecule has 0 N–H and O–H groups in total. The van der Waals surface area contributed by atoms with Crippen molar-refractivity contribution >= 4 is 32.6 Å². The smallest absolute Gasteiger partial charge is 0.295 e. The normalized spacial score (nSPS) is 15.3. The van der Waals surface area contributed by atoms with Crippen LogP contribution in [0.25, 0.3) is 10.2 Å². The van der Waals surface area contributed by atoms with Crippen molar-refractivity contribution in [2.24, 2.45) is 0 Å². The third-order valence-electron chi connectivity index (χ3n) is 4.77. The third-order valence-corrected chi connectivity index (χ3v) is 5.80. The van der Waals surface area contributed by atoms with Gasteiger partial charge in [-0.3, -0.25) is 14.6 Å². The van der Waals surface area contributed by atoms with Crippen molar-refractivity contribution < 1.29 is 13.9 Å². The van der Waals surface area contributed by atoms with E-state index >= 15 is 0 Å². The van der Waals surface area contributed by atoms with Crippen LogP contribution in [0.15, 0.2) is 34.9 Å². The van der Waals surface area contributed by atoms with Crippen LogP contribution in [-0.4, -0.2) is 55.2 Å². The van der Waals surface area contributed by atoms with Gasteiger partial charge in [0.15, 0.2) is 10.9 Å². The van der Waals surface area contributed by atoms with Crippen molar-refractivity contribution in [3.05, 3.63) is 47.4 Å². The van der Waals surface area contributed by atoms with Gasteiger partial charge in [0.2, 0.25) is 0 Å². The number of fused-ring (bicyclic) bond motifs is 1. The zero-order chi connectivity index (χ0) is 18.8. The molecule has 6 nitrogen and oxygen atoms in total. The molecule has 1 saturated heterocycles. The number of ether oxygens (including phenoxy) is 1. The first-order chi connectivity index (χ1) is 13.1. The molecule has 0 unspecified atom stereocenters. The highest BCUT2D eigenvalue weighted by atomic mass is 32.1. The first kappa shape index (κ1) is 18.2. The van der Waals surface area contributed by atoms with E-state index in [1.54, 1.807) is 28.4 Å². The highest BCUT2D eigenvalue weighted by Gasteiger charge is 2.24. The maximum absolute atomic E-state index is 13.1. The number of amides is 1.